The molecule has 0 aliphatic carbocycles. The Morgan fingerprint density at radius 3 is 1.92 bits per heavy atom. The zero-order valence-corrected chi connectivity index (χ0v) is 24.7. The van der Waals surface area contributed by atoms with Crippen molar-refractivity contribution in [3.05, 3.63) is 47.5 Å². The average Bonchev–Trinajstić information content (AvgIpc) is 3.25. The first-order valence-electron chi connectivity index (χ1n) is 14.4. The van der Waals surface area contributed by atoms with Crippen molar-refractivity contribution in [3.8, 4) is 22.8 Å². The Bertz CT molecular complexity index is 1230. The molecule has 0 amide bonds. The third kappa shape index (κ3) is 8.52. The first-order chi connectivity index (χ1) is 18.4. The minimum Gasteiger partial charge on any atom is -0.497 e. The summed E-state index contributed by atoms with van der Waals surface area (Å²) in [6, 6.07) is 12.4. The van der Waals surface area contributed by atoms with Crippen molar-refractivity contribution in [1.29, 1.82) is 0 Å². The van der Waals surface area contributed by atoms with Crippen molar-refractivity contribution >= 4 is 20.7 Å². The minimum absolute atomic E-state index is 0.338. The molecule has 6 heteroatoms. The van der Waals surface area contributed by atoms with Gasteiger partial charge >= 0.3 is 0 Å². The fourth-order valence-electron chi connectivity index (χ4n) is 5.45. The van der Waals surface area contributed by atoms with Gasteiger partial charge in [-0.15, -0.1) is 0 Å². The van der Waals surface area contributed by atoms with Crippen molar-refractivity contribution in [3.63, 3.8) is 0 Å². The third-order valence-corrected chi connectivity index (χ3v) is 9.47. The van der Waals surface area contributed by atoms with Crippen LogP contribution in [0, 0.1) is 6.92 Å². The van der Waals surface area contributed by atoms with Crippen LogP contribution in [0.1, 0.15) is 88.7 Å². The molecule has 0 fully saturated rings. The van der Waals surface area contributed by atoms with Gasteiger partial charge in [-0.2, -0.15) is 0 Å². The summed E-state index contributed by atoms with van der Waals surface area (Å²) in [4.78, 5) is 3.64. The maximum atomic E-state index is 11.8. The second-order valence-corrected chi connectivity index (χ2v) is 12.8. The maximum Gasteiger partial charge on any atom is 0.150 e. The van der Waals surface area contributed by atoms with E-state index in [0.29, 0.717) is 11.5 Å². The number of rotatable bonds is 18. The van der Waals surface area contributed by atoms with Crippen molar-refractivity contribution in [2.75, 3.05) is 25.7 Å². The van der Waals surface area contributed by atoms with Crippen LogP contribution < -0.4 is 9.47 Å². The van der Waals surface area contributed by atoms with E-state index in [1.807, 2.05) is 19.1 Å². The fraction of sp³-hybridized carbons (Fsp3) is 0.562. The normalized spacial score (nSPS) is 11.8. The van der Waals surface area contributed by atoms with Gasteiger partial charge in [0.1, 0.15) is 21.3 Å². The molecule has 3 rings (SSSR count). The summed E-state index contributed by atoms with van der Waals surface area (Å²) in [5.74, 6) is 2.54. The first kappa shape index (κ1) is 30.1. The molecule has 1 N–H and O–H groups in total. The highest BCUT2D eigenvalue weighted by Crippen LogP contribution is 2.37. The highest BCUT2D eigenvalue weighted by Gasteiger charge is 2.16. The van der Waals surface area contributed by atoms with Gasteiger partial charge in [-0.3, -0.25) is 0 Å². The van der Waals surface area contributed by atoms with Gasteiger partial charge in [-0.25, -0.2) is 8.42 Å². The van der Waals surface area contributed by atoms with Crippen molar-refractivity contribution in [2.24, 2.45) is 0 Å². The topological polar surface area (TPSA) is 68.4 Å². The maximum absolute atomic E-state index is 11.8. The fourth-order valence-corrected chi connectivity index (χ4v) is 6.92. The minimum atomic E-state index is -2.81. The van der Waals surface area contributed by atoms with Crippen LogP contribution in [0.2, 0.25) is 0 Å². The summed E-state index contributed by atoms with van der Waals surface area (Å²) < 4.78 is 34.6. The Morgan fingerprint density at radius 2 is 1.34 bits per heavy atom. The summed E-state index contributed by atoms with van der Waals surface area (Å²) in [5, 5.41) is 1.29. The molecule has 1 aromatic heterocycles. The molecule has 0 radical (unpaired) electrons. The Morgan fingerprint density at radius 1 is 0.737 bits per heavy atom. The molecule has 5 nitrogen and oxygen atoms in total. The molecule has 0 unspecified atom stereocenters. The number of aryl methyl sites for hydroxylation is 2. The van der Waals surface area contributed by atoms with E-state index in [9.17, 15) is 8.42 Å². The molecule has 2 aromatic carbocycles. The van der Waals surface area contributed by atoms with Gasteiger partial charge in [0.15, 0.2) is 0 Å². The third-order valence-electron chi connectivity index (χ3n) is 7.53. The van der Waals surface area contributed by atoms with E-state index in [1.165, 1.54) is 55.0 Å². The van der Waals surface area contributed by atoms with Crippen molar-refractivity contribution < 1.29 is 17.9 Å². The van der Waals surface area contributed by atoms with Gasteiger partial charge in [-0.05, 0) is 80.1 Å². The van der Waals surface area contributed by atoms with E-state index in [4.69, 9.17) is 9.47 Å². The largest absolute Gasteiger partial charge is 0.497 e. The van der Waals surface area contributed by atoms with Crippen LogP contribution in [0.25, 0.3) is 22.2 Å². The van der Waals surface area contributed by atoms with E-state index >= 15 is 0 Å². The van der Waals surface area contributed by atoms with E-state index in [2.05, 4.69) is 36.2 Å². The second-order valence-electron chi connectivity index (χ2n) is 10.5. The van der Waals surface area contributed by atoms with Gasteiger partial charge in [0, 0.05) is 27.9 Å². The molecule has 0 aliphatic rings. The number of methoxy groups -OCH3 is 2. The zero-order valence-electron chi connectivity index (χ0n) is 23.9. The molecule has 0 bridgehead atoms. The lowest BCUT2D eigenvalue weighted by atomic mass is 9.97. The smallest absolute Gasteiger partial charge is 0.150 e. The second kappa shape index (κ2) is 15.2. The molecular weight excluding hydrogens is 494 g/mol. The highest BCUT2D eigenvalue weighted by atomic mass is 32.2. The summed E-state index contributed by atoms with van der Waals surface area (Å²) >= 11 is 0. The predicted molar refractivity (Wildman–Crippen MR) is 160 cm³/mol. The van der Waals surface area contributed by atoms with Crippen LogP contribution in [-0.2, 0) is 16.3 Å². The van der Waals surface area contributed by atoms with E-state index in [1.54, 1.807) is 14.2 Å². The summed E-state index contributed by atoms with van der Waals surface area (Å²) in [7, 11) is 0.647. The molecule has 0 saturated carbocycles. The lowest BCUT2D eigenvalue weighted by Crippen LogP contribution is -2.10. The summed E-state index contributed by atoms with van der Waals surface area (Å²) in [6.45, 7) is 4.13. The number of aromatic nitrogens is 1. The molecule has 3 aromatic rings. The van der Waals surface area contributed by atoms with E-state index in [-0.39, 0.29) is 0 Å². The number of fused-ring (bicyclic) bond motifs is 1. The number of ether oxygens (including phenoxy) is 2. The van der Waals surface area contributed by atoms with Crippen LogP contribution in [0.3, 0.4) is 0 Å². The molecule has 0 saturated heterocycles. The molecule has 210 valence electrons. The van der Waals surface area contributed by atoms with Crippen LogP contribution in [0.4, 0.5) is 0 Å². The Kier molecular flexibility index (Phi) is 12.0. The Labute approximate surface area is 230 Å². The molecule has 0 aliphatic heterocycles. The van der Waals surface area contributed by atoms with Crippen molar-refractivity contribution in [2.45, 2.75) is 90.9 Å². The zero-order chi connectivity index (χ0) is 27.4. The van der Waals surface area contributed by atoms with Crippen LogP contribution in [0.5, 0.6) is 11.5 Å². The molecule has 38 heavy (non-hydrogen) atoms. The van der Waals surface area contributed by atoms with Crippen LogP contribution in [0.15, 0.2) is 36.4 Å². The Hall–Kier alpha value is -2.47. The lowest BCUT2D eigenvalue weighted by molar-refractivity contribution is 0.409. The number of unbranched alkanes of at least 4 members (excludes halogenated alkanes) is 9. The SMILES string of the molecule is CCCS(=O)(=O)CCCCCCCCCCCCc1c(OC)ccc2[nH]c(-c3ccc(OC)cc3)c(C)c12. The van der Waals surface area contributed by atoms with Gasteiger partial charge in [-0.1, -0.05) is 58.3 Å². The molecule has 1 heterocycles. The van der Waals surface area contributed by atoms with Gasteiger partial charge < -0.3 is 14.5 Å². The van der Waals surface area contributed by atoms with Gasteiger partial charge in [0.2, 0.25) is 0 Å². The van der Waals surface area contributed by atoms with E-state index < -0.39 is 9.84 Å². The highest BCUT2D eigenvalue weighted by molar-refractivity contribution is 7.91. The number of sulfone groups is 1. The number of hydrogen-bond acceptors (Lipinski definition) is 4. The summed E-state index contributed by atoms with van der Waals surface area (Å²) in [5.41, 5.74) is 6.04. The monoisotopic (exact) mass is 541 g/mol. The number of nitrogens with one attached hydrogen (secondary N) is 1. The first-order valence-corrected chi connectivity index (χ1v) is 16.2. The predicted octanol–water partition coefficient (Wildman–Crippen LogP) is 8.43. The number of aromatic amines is 1. The number of H-pyrrole nitrogens is 1. The molecule has 0 atom stereocenters. The average molecular weight is 542 g/mol. The quantitative estimate of drug-likeness (QED) is 0.164. The standard InChI is InChI=1S/C32H47NO4S/c1-5-23-38(34,35)24-15-13-11-9-7-6-8-10-12-14-16-28-30(37-4)22-21-29-31(28)25(2)32(33-29)26-17-19-27(36-3)20-18-26/h17-22,33H,5-16,23-24H2,1-4H3. The molecule has 0 spiro atoms. The lowest BCUT2D eigenvalue weighted by Gasteiger charge is -2.11. The van der Waals surface area contributed by atoms with Crippen LogP contribution in [-0.4, -0.2) is 39.1 Å². The molecular formula is C32H47NO4S. The van der Waals surface area contributed by atoms with Gasteiger partial charge in [0.05, 0.1) is 20.0 Å². The Balaban J connectivity index is 1.43. The number of hydrogen-bond donors (Lipinski definition) is 1. The van der Waals surface area contributed by atoms with E-state index in [0.717, 1.165) is 66.8 Å². The summed E-state index contributed by atoms with van der Waals surface area (Å²) in [6.07, 6.45) is 13.4. The van der Waals surface area contributed by atoms with Crippen molar-refractivity contribution in [1.82, 2.24) is 4.98 Å². The van der Waals surface area contributed by atoms with Crippen LogP contribution >= 0.6 is 0 Å². The van der Waals surface area contributed by atoms with Gasteiger partial charge in [0.25, 0.3) is 0 Å². The number of benzene rings is 2.